The molecule has 20 aromatic rings. The quantitative estimate of drug-likeness (QED) is 0.142. The lowest BCUT2D eigenvalue weighted by molar-refractivity contribution is 0.926. The topological polar surface area (TPSA) is 145 Å². The van der Waals surface area contributed by atoms with Gasteiger partial charge in [0.15, 0.2) is 0 Å². The van der Waals surface area contributed by atoms with Gasteiger partial charge in [-0.05, 0) is 314 Å². The van der Waals surface area contributed by atoms with Crippen molar-refractivity contribution in [3.05, 3.63) is 503 Å². The zero-order valence-corrected chi connectivity index (χ0v) is 76.6. The van der Waals surface area contributed by atoms with E-state index in [2.05, 4.69) is 286 Å². The molecule has 140 heavy (non-hydrogen) atoms. The van der Waals surface area contributed by atoms with E-state index in [4.69, 9.17) is 24.9 Å². The number of hydrogen-bond acceptors (Lipinski definition) is 15. The van der Waals surface area contributed by atoms with E-state index in [0.29, 0.717) is 0 Å². The lowest BCUT2D eigenvalue weighted by Crippen LogP contribution is -2.26. The first-order chi connectivity index (χ1) is 69.3. The van der Waals surface area contributed by atoms with Crippen LogP contribution in [0, 0.1) is 0 Å². The second kappa shape index (κ2) is 30.1. The molecule has 10 aromatic carbocycles. The molecule has 0 spiro atoms. The van der Waals surface area contributed by atoms with Crippen LogP contribution in [0.25, 0.3) is 55.6 Å². The van der Waals surface area contributed by atoms with Gasteiger partial charge in [0, 0.05) is 150 Å². The van der Waals surface area contributed by atoms with Crippen molar-refractivity contribution in [2.75, 3.05) is 24.5 Å². The van der Waals surface area contributed by atoms with Gasteiger partial charge in [-0.2, -0.15) is 0 Å². The van der Waals surface area contributed by atoms with Crippen molar-refractivity contribution in [2.24, 2.45) is 0 Å². The summed E-state index contributed by atoms with van der Waals surface area (Å²) >= 11 is 0. The first kappa shape index (κ1) is 77.9. The fraction of sp³-hybridized carbons (Fsp3) is 0.120. The average molecular weight is 1800 g/mol. The van der Waals surface area contributed by atoms with Crippen LogP contribution in [-0.4, -0.2) is 49.8 Å². The summed E-state index contributed by atoms with van der Waals surface area (Å²) in [6.45, 7) is 0. The van der Waals surface area contributed by atoms with E-state index in [1.54, 1.807) is 0 Å². The Morgan fingerprint density at radius 1 is 0.143 bits per heavy atom. The summed E-state index contributed by atoms with van der Waals surface area (Å²) in [6, 6.07) is 95.8. The molecule has 0 saturated heterocycles. The third-order valence-electron chi connectivity index (χ3n) is 31.9. The molecule has 10 aliphatic heterocycles. The Hall–Kier alpha value is -17.3. The first-order valence-electron chi connectivity index (χ1n) is 49.1. The number of fused-ring (bicyclic) bond motifs is 35. The van der Waals surface area contributed by atoms with Crippen molar-refractivity contribution in [1.29, 1.82) is 0 Å². The standard InChI is InChI=1S/5C25H17N3/c1-2-6-20-15(4-1)10-18-14-23-19(12-21(18)20)13-22-24-16(7-9-26-22)11-17-5-3-8-27-25(17)28(23)24;1-2-5-19-15(4-1)10-17-11-18-13-22-25-16(7-9-27-22)12-21-23(6-3-8-26-21)28(25)24(18)14-20(17)19;1-2-5-19-15(4-1)10-17-12-18-11-16-7-9-27-22-14-21-23(6-3-8-26-21)28(25(16)22)24(18)13-20(17)19;1-2-5-20-15(4-1)8-16-9-17-10-18-13-26-14-19-11-22-23(6-3-7-27-22)28(25(18)19)24(17)12-21(16)20;1-2-4-20-15(3-1)9-17-11-18-10-16-5-8-27-22-12-19-14-26-7-6-23(19)28(25(16)22)24(18)13-21(17)20/h1-9,12,14H,10-11,13H2;1-9,11,14H,10,12-13H2;1-9,12-13H,10-11,14H2;1-7,9,12-14H,8,10-11H2;1-8,11,13-14H,9-10,12H2. The number of rotatable bonds is 0. The minimum Gasteiger partial charge on any atom is -0.308 e. The second-order valence-corrected chi connectivity index (χ2v) is 39.6. The molecule has 35 rings (SSSR count). The maximum Gasteiger partial charge on any atom is 0.141 e. The molecule has 660 valence electrons. The van der Waals surface area contributed by atoms with Gasteiger partial charge in [-0.15, -0.1) is 0 Å². The summed E-state index contributed by atoms with van der Waals surface area (Å²) < 4.78 is 0. The van der Waals surface area contributed by atoms with E-state index in [0.717, 1.165) is 136 Å². The minimum atomic E-state index is 0.805. The molecule has 15 aliphatic rings. The maximum atomic E-state index is 4.78. The van der Waals surface area contributed by atoms with Crippen LogP contribution in [0.15, 0.2) is 335 Å². The summed E-state index contributed by atoms with van der Waals surface area (Å²) in [4.78, 5) is 58.7. The Labute approximate surface area is 809 Å². The fourth-order valence-electron chi connectivity index (χ4n) is 25.9. The van der Waals surface area contributed by atoms with Crippen LogP contribution < -0.4 is 24.5 Å². The Morgan fingerprint density at radius 3 is 0.900 bits per heavy atom. The first-order valence-corrected chi connectivity index (χ1v) is 49.1. The molecule has 0 unspecified atom stereocenters. The molecular formula is C125H85N15. The van der Waals surface area contributed by atoms with E-state index < -0.39 is 0 Å². The van der Waals surface area contributed by atoms with Crippen molar-refractivity contribution in [1.82, 2.24) is 49.8 Å². The summed E-state index contributed by atoms with van der Waals surface area (Å²) in [7, 11) is 0. The third kappa shape index (κ3) is 11.8. The van der Waals surface area contributed by atoms with Crippen molar-refractivity contribution in [2.45, 2.75) is 96.3 Å². The fourth-order valence-corrected chi connectivity index (χ4v) is 25.9. The lowest BCUT2D eigenvalue weighted by Gasteiger charge is -2.38. The predicted molar refractivity (Wildman–Crippen MR) is 553 cm³/mol. The SMILES string of the molecule is c1ccc2c(c1)Cc1cc3c(cc1-2)Cc1nccc2c1N3c1ncccc1C2.c1ccc2c(c1)Cc1cc3c(cc1-2)N1c2cccnc2Cc2ccnc(c21)C3.c1ccc2c(c1)Cc1cc3c(cc1-2)N1c2cccnc2Cc2cncc(c21)C3.c1ccc2c(c1)Cc1cc3c(cc1-2)N1c2cccnc2Cc2nccc(c21)C3.c1ccc2c(c1)Cc1cc3c(cc1-2)N1c2ccncc2Cc2nccc(c21)C3. The normalized spacial score (nSPS) is 14.6. The van der Waals surface area contributed by atoms with Crippen LogP contribution in [-0.2, 0) is 96.3 Å². The van der Waals surface area contributed by atoms with Crippen molar-refractivity contribution in [3.63, 3.8) is 0 Å². The molecular weight excluding hydrogens is 1710 g/mol. The molecule has 0 radical (unpaired) electrons. The van der Waals surface area contributed by atoms with E-state index in [9.17, 15) is 0 Å². The molecule has 0 bridgehead atoms. The highest BCUT2D eigenvalue weighted by Gasteiger charge is 2.42. The van der Waals surface area contributed by atoms with Gasteiger partial charge < -0.3 is 19.6 Å². The van der Waals surface area contributed by atoms with Crippen molar-refractivity contribution >= 4 is 85.4 Å². The van der Waals surface area contributed by atoms with Crippen LogP contribution in [0.1, 0.15) is 168 Å². The van der Waals surface area contributed by atoms with Gasteiger partial charge in [0.05, 0.1) is 119 Å². The van der Waals surface area contributed by atoms with Gasteiger partial charge >= 0.3 is 0 Å². The number of anilines is 15. The van der Waals surface area contributed by atoms with Crippen LogP contribution in [0.5, 0.6) is 0 Å². The van der Waals surface area contributed by atoms with E-state index in [1.165, 1.54) is 269 Å². The number of benzene rings is 10. The largest absolute Gasteiger partial charge is 0.308 e. The van der Waals surface area contributed by atoms with Crippen molar-refractivity contribution in [3.8, 4) is 55.6 Å². The number of nitrogens with zero attached hydrogens (tertiary/aromatic N) is 15. The molecule has 0 N–H and O–H groups in total. The van der Waals surface area contributed by atoms with Crippen LogP contribution >= 0.6 is 0 Å². The van der Waals surface area contributed by atoms with Crippen LogP contribution in [0.3, 0.4) is 0 Å². The summed E-state index contributed by atoms with van der Waals surface area (Å²) in [5, 5.41) is 0. The lowest BCUT2D eigenvalue weighted by atomic mass is 9.88. The van der Waals surface area contributed by atoms with Gasteiger partial charge in [-0.25, -0.2) is 4.98 Å². The van der Waals surface area contributed by atoms with Crippen molar-refractivity contribution < 1.29 is 0 Å². The molecule has 5 aliphatic carbocycles. The average Bonchev–Trinajstić information content (AvgIpc) is 1.05. The second-order valence-electron chi connectivity index (χ2n) is 39.6. The van der Waals surface area contributed by atoms with Gasteiger partial charge in [0.2, 0.25) is 0 Å². The van der Waals surface area contributed by atoms with Gasteiger partial charge in [0.25, 0.3) is 0 Å². The van der Waals surface area contributed by atoms with Crippen LogP contribution in [0.2, 0.25) is 0 Å². The predicted octanol–water partition coefficient (Wildman–Crippen LogP) is 26.6. The highest BCUT2D eigenvalue weighted by Crippen LogP contribution is 2.60. The third-order valence-corrected chi connectivity index (χ3v) is 31.9. The monoisotopic (exact) mass is 1800 g/mol. The Morgan fingerprint density at radius 2 is 0.436 bits per heavy atom. The minimum absolute atomic E-state index is 0.805. The smallest absolute Gasteiger partial charge is 0.141 e. The number of aromatic nitrogens is 10. The summed E-state index contributed by atoms with van der Waals surface area (Å²) in [5.74, 6) is 1.06. The number of hydrogen-bond donors (Lipinski definition) is 0. The van der Waals surface area contributed by atoms with Gasteiger partial charge in [0.1, 0.15) is 5.82 Å². The maximum absolute atomic E-state index is 4.78. The van der Waals surface area contributed by atoms with E-state index >= 15 is 0 Å². The Balaban J connectivity index is 0.0000000806. The van der Waals surface area contributed by atoms with Gasteiger partial charge in [-0.1, -0.05) is 152 Å². The van der Waals surface area contributed by atoms with Crippen LogP contribution in [0.4, 0.5) is 85.4 Å². The highest BCUT2D eigenvalue weighted by molar-refractivity contribution is 5.99. The zero-order valence-electron chi connectivity index (χ0n) is 76.6. The Bertz CT molecular complexity index is 8080. The summed E-state index contributed by atoms with van der Waals surface area (Å²) in [5.41, 5.74) is 71.1. The van der Waals surface area contributed by atoms with E-state index in [1.807, 2.05) is 98.6 Å². The number of pyridine rings is 10. The Kier molecular flexibility index (Phi) is 16.8. The molecule has 10 aromatic heterocycles. The molecule has 0 atom stereocenters. The van der Waals surface area contributed by atoms with E-state index in [-0.39, 0.29) is 0 Å². The molecule has 15 nitrogen and oxygen atoms in total. The molecule has 20 heterocycles. The van der Waals surface area contributed by atoms with Gasteiger partial charge in [-0.3, -0.25) is 49.8 Å². The molecule has 0 fully saturated rings. The highest BCUT2D eigenvalue weighted by atomic mass is 15.2. The molecule has 0 amide bonds. The zero-order chi connectivity index (χ0) is 91.2. The molecule has 15 heteroatoms. The summed E-state index contributed by atoms with van der Waals surface area (Å²) in [6.07, 6.45) is 37.5. The molecule has 0 saturated carbocycles.